The van der Waals surface area contributed by atoms with Crippen LogP contribution in [0.15, 0.2) is 199 Å². The highest BCUT2D eigenvalue weighted by atomic mass is 16.3. The molecule has 0 N–H and O–H groups in total. The molecule has 0 fully saturated rings. The summed E-state index contributed by atoms with van der Waals surface area (Å²) >= 11 is 0. The largest absolute Gasteiger partial charge is 0.455 e. The zero-order chi connectivity index (χ0) is 38.5. The Hall–Kier alpha value is -7.36. The molecule has 0 unspecified atom stereocenters. The van der Waals surface area contributed by atoms with Crippen molar-refractivity contribution in [3.05, 3.63) is 205 Å². The van der Waals surface area contributed by atoms with Gasteiger partial charge in [-0.2, -0.15) is 0 Å². The molecule has 9 aromatic carbocycles. The number of para-hydroxylation sites is 2. The first-order valence-electron chi connectivity index (χ1n) is 20.1. The summed E-state index contributed by atoms with van der Waals surface area (Å²) in [7, 11) is 0. The van der Waals surface area contributed by atoms with Gasteiger partial charge < -0.3 is 13.9 Å². The lowest BCUT2D eigenvalue weighted by atomic mass is 9.82. The highest BCUT2D eigenvalue weighted by molar-refractivity contribution is 6.16. The normalized spacial score (nSPS) is 13.1. The third-order valence-corrected chi connectivity index (χ3v) is 12.6. The van der Waals surface area contributed by atoms with Crippen molar-refractivity contribution in [3.8, 4) is 27.9 Å². The first-order valence-corrected chi connectivity index (χ1v) is 20.1. The molecule has 2 aromatic heterocycles. The minimum atomic E-state index is -0.120. The molecule has 58 heavy (non-hydrogen) atoms. The zero-order valence-electron chi connectivity index (χ0n) is 32.3. The van der Waals surface area contributed by atoms with E-state index in [1.165, 1.54) is 60.6 Å². The molecule has 11 aromatic rings. The van der Waals surface area contributed by atoms with Crippen molar-refractivity contribution in [1.29, 1.82) is 0 Å². The Labute approximate surface area is 336 Å². The van der Waals surface area contributed by atoms with Gasteiger partial charge >= 0.3 is 0 Å². The molecule has 0 spiro atoms. The summed E-state index contributed by atoms with van der Waals surface area (Å²) < 4.78 is 8.97. The predicted octanol–water partition coefficient (Wildman–Crippen LogP) is 15.3. The van der Waals surface area contributed by atoms with Crippen LogP contribution in [0.4, 0.5) is 17.1 Å². The van der Waals surface area contributed by atoms with Crippen LogP contribution >= 0.6 is 0 Å². The van der Waals surface area contributed by atoms with Crippen molar-refractivity contribution in [2.75, 3.05) is 4.90 Å². The van der Waals surface area contributed by atoms with E-state index in [1.807, 2.05) is 0 Å². The van der Waals surface area contributed by atoms with Crippen LogP contribution in [0.5, 0.6) is 0 Å². The van der Waals surface area contributed by atoms with Gasteiger partial charge in [-0.15, -0.1) is 0 Å². The first-order chi connectivity index (χ1) is 28.5. The molecule has 0 atom stereocenters. The van der Waals surface area contributed by atoms with Gasteiger partial charge in [-0.3, -0.25) is 0 Å². The van der Waals surface area contributed by atoms with Crippen molar-refractivity contribution < 1.29 is 4.42 Å². The number of anilines is 3. The second kappa shape index (κ2) is 12.3. The highest BCUT2D eigenvalue weighted by Crippen LogP contribution is 2.54. The Morgan fingerprint density at radius 1 is 0.466 bits per heavy atom. The molecule has 0 saturated carbocycles. The maximum absolute atomic E-state index is 6.59. The van der Waals surface area contributed by atoms with Crippen molar-refractivity contribution in [3.63, 3.8) is 0 Å². The summed E-state index contributed by atoms with van der Waals surface area (Å²) in [4.78, 5) is 2.44. The van der Waals surface area contributed by atoms with E-state index >= 15 is 0 Å². The minimum Gasteiger partial charge on any atom is -0.455 e. The summed E-state index contributed by atoms with van der Waals surface area (Å²) in [5, 5.41) is 7.07. The van der Waals surface area contributed by atoms with Gasteiger partial charge in [0.1, 0.15) is 11.2 Å². The Kier molecular flexibility index (Phi) is 6.98. The molecule has 0 amide bonds. The molecule has 3 nitrogen and oxygen atoms in total. The van der Waals surface area contributed by atoms with E-state index in [9.17, 15) is 0 Å². The molecule has 0 aliphatic heterocycles. The third kappa shape index (κ3) is 4.74. The molecule has 0 bridgehead atoms. The number of furan rings is 1. The van der Waals surface area contributed by atoms with Crippen molar-refractivity contribution in [1.82, 2.24) is 4.57 Å². The van der Waals surface area contributed by atoms with Gasteiger partial charge in [0.15, 0.2) is 0 Å². The van der Waals surface area contributed by atoms with Crippen LogP contribution in [0.2, 0.25) is 0 Å². The van der Waals surface area contributed by atoms with Gasteiger partial charge in [0.25, 0.3) is 0 Å². The Morgan fingerprint density at radius 2 is 1.14 bits per heavy atom. The smallest absolute Gasteiger partial charge is 0.143 e. The second-order valence-electron chi connectivity index (χ2n) is 16.1. The summed E-state index contributed by atoms with van der Waals surface area (Å²) in [5.74, 6) is 0. The standard InChI is InChI=1S/C55H38N2O/c1-55(2)47-20-8-5-19-45(47)53-48(55)21-12-24-51(53)56(40-30-32-52-46(34-40)44-31-27-36-13-3-4-16-41(36)54(44)58-52)38-28-25-35(26-29-38)37-14-11-15-39(33-37)57-49-22-9-6-17-42(49)43-18-7-10-23-50(43)57/h3-34H,1-2H3. The maximum atomic E-state index is 6.59. The van der Waals surface area contributed by atoms with E-state index in [4.69, 9.17) is 4.42 Å². The van der Waals surface area contributed by atoms with Crippen LogP contribution in [-0.2, 0) is 5.41 Å². The zero-order valence-corrected chi connectivity index (χ0v) is 32.3. The number of hydrogen-bond acceptors (Lipinski definition) is 2. The van der Waals surface area contributed by atoms with E-state index in [0.717, 1.165) is 50.1 Å². The number of fused-ring (bicyclic) bond motifs is 11. The number of nitrogens with zero attached hydrogens (tertiary/aromatic N) is 2. The highest BCUT2D eigenvalue weighted by Gasteiger charge is 2.37. The van der Waals surface area contributed by atoms with E-state index in [2.05, 4.69) is 217 Å². The van der Waals surface area contributed by atoms with E-state index in [1.54, 1.807) is 0 Å². The van der Waals surface area contributed by atoms with Gasteiger partial charge in [0.2, 0.25) is 0 Å². The topological polar surface area (TPSA) is 21.3 Å². The molecule has 1 aliphatic carbocycles. The number of benzene rings is 9. The second-order valence-corrected chi connectivity index (χ2v) is 16.1. The Balaban J connectivity index is 1.02. The van der Waals surface area contributed by atoms with Crippen LogP contribution in [-0.4, -0.2) is 4.57 Å². The minimum absolute atomic E-state index is 0.120. The van der Waals surface area contributed by atoms with Gasteiger partial charge in [-0.05, 0) is 99.9 Å². The molecule has 0 radical (unpaired) electrons. The van der Waals surface area contributed by atoms with Crippen LogP contribution < -0.4 is 4.90 Å². The third-order valence-electron chi connectivity index (χ3n) is 12.6. The number of hydrogen-bond donors (Lipinski definition) is 0. The van der Waals surface area contributed by atoms with Crippen molar-refractivity contribution >= 4 is 71.6 Å². The van der Waals surface area contributed by atoms with Gasteiger partial charge in [0, 0.05) is 55.0 Å². The predicted molar refractivity (Wildman–Crippen MR) is 243 cm³/mol. The van der Waals surface area contributed by atoms with E-state index in [0.29, 0.717) is 0 Å². The average molecular weight is 743 g/mol. The molecule has 12 rings (SSSR count). The Morgan fingerprint density at radius 3 is 1.95 bits per heavy atom. The fraction of sp³-hybridized carbons (Fsp3) is 0.0545. The molecule has 2 heterocycles. The van der Waals surface area contributed by atoms with Gasteiger partial charge in [-0.25, -0.2) is 0 Å². The van der Waals surface area contributed by atoms with Crippen molar-refractivity contribution in [2.45, 2.75) is 19.3 Å². The van der Waals surface area contributed by atoms with Crippen LogP contribution in [0, 0.1) is 0 Å². The average Bonchev–Trinajstić information content (AvgIpc) is 3.90. The molecule has 1 aliphatic rings. The SMILES string of the molecule is CC1(C)c2ccccc2-c2c(N(c3ccc(-c4cccc(-n5c6ccccc6c6ccccc65)c4)cc3)c3ccc4oc5c6ccccc6ccc5c4c3)cccc21. The summed E-state index contributed by atoms with van der Waals surface area (Å²) in [6.45, 7) is 4.70. The summed E-state index contributed by atoms with van der Waals surface area (Å²) in [6.07, 6.45) is 0. The fourth-order valence-corrected chi connectivity index (χ4v) is 9.81. The van der Waals surface area contributed by atoms with Crippen LogP contribution in [0.1, 0.15) is 25.0 Å². The van der Waals surface area contributed by atoms with Gasteiger partial charge in [0.05, 0.1) is 16.7 Å². The van der Waals surface area contributed by atoms with E-state index < -0.39 is 0 Å². The maximum Gasteiger partial charge on any atom is 0.143 e. The lowest BCUT2D eigenvalue weighted by Crippen LogP contribution is -2.16. The lowest BCUT2D eigenvalue weighted by molar-refractivity contribution is 0.660. The molecular weight excluding hydrogens is 705 g/mol. The lowest BCUT2D eigenvalue weighted by Gasteiger charge is -2.29. The number of rotatable bonds is 5. The molecule has 274 valence electrons. The first kappa shape index (κ1) is 32.8. The summed E-state index contributed by atoms with van der Waals surface area (Å²) in [5.41, 5.74) is 16.2. The van der Waals surface area contributed by atoms with Gasteiger partial charge in [-0.1, -0.05) is 141 Å². The van der Waals surface area contributed by atoms with Crippen LogP contribution in [0.25, 0.3) is 82.5 Å². The monoisotopic (exact) mass is 742 g/mol. The fourth-order valence-electron chi connectivity index (χ4n) is 9.81. The molecule has 3 heteroatoms. The van der Waals surface area contributed by atoms with E-state index in [-0.39, 0.29) is 5.41 Å². The Bertz CT molecular complexity index is 3380. The van der Waals surface area contributed by atoms with Crippen LogP contribution in [0.3, 0.4) is 0 Å². The molecule has 0 saturated heterocycles. The molecular formula is C55H38N2O. The van der Waals surface area contributed by atoms with Crippen molar-refractivity contribution in [2.24, 2.45) is 0 Å². The quantitative estimate of drug-likeness (QED) is 0.175. The summed E-state index contributed by atoms with van der Waals surface area (Å²) in [6, 6.07) is 70.7. The number of aromatic nitrogens is 1.